The van der Waals surface area contributed by atoms with E-state index in [0.717, 1.165) is 5.09 Å². The normalized spacial score (nSPS) is 10.7. The smallest absolute Gasteiger partial charge is 0.364 e. The maximum absolute atomic E-state index is 11.4. The van der Waals surface area contributed by atoms with E-state index in [2.05, 4.69) is 15.1 Å². The minimum absolute atomic E-state index is 0.107. The van der Waals surface area contributed by atoms with E-state index < -0.39 is 5.97 Å². The third kappa shape index (κ3) is 1.74. The molecule has 2 aromatic heterocycles. The first-order valence-electron chi connectivity index (χ1n) is 4.22. The number of aromatic amines is 1. The zero-order valence-corrected chi connectivity index (χ0v) is 6.99. The van der Waals surface area contributed by atoms with Gasteiger partial charge < -0.3 is 4.74 Å². The zero-order valence-electron chi connectivity index (χ0n) is 7.99. The molecule has 0 aromatic carbocycles. The maximum atomic E-state index is 11.4. The van der Waals surface area contributed by atoms with Gasteiger partial charge in [-0.3, -0.25) is 10.1 Å². The second kappa shape index (κ2) is 3.65. The van der Waals surface area contributed by atoms with Crippen LogP contribution in [0.3, 0.4) is 0 Å². The average molecular weight is 191 g/mol. The molecule has 0 fully saturated rings. The van der Waals surface area contributed by atoms with Crippen LogP contribution in [0.5, 0.6) is 5.75 Å². The highest BCUT2D eigenvalue weighted by atomic mass is 16.5. The summed E-state index contributed by atoms with van der Waals surface area (Å²) in [7, 11) is 0. The number of hydrogen-bond donors (Lipinski definition) is 1. The number of esters is 1. The highest BCUT2D eigenvalue weighted by Gasteiger charge is 2.09. The van der Waals surface area contributed by atoms with Crippen LogP contribution in [-0.2, 0) is 0 Å². The monoisotopic (exact) mass is 191 g/mol. The number of hydrogen-bond acceptors (Lipinski definition) is 5. The molecule has 2 aromatic rings. The molecule has 0 aliphatic rings. The Morgan fingerprint density at radius 2 is 2.43 bits per heavy atom. The summed E-state index contributed by atoms with van der Waals surface area (Å²) in [6, 6.07) is 0. The summed E-state index contributed by atoms with van der Waals surface area (Å²) in [6.45, 7) is 0. The van der Waals surface area contributed by atoms with Gasteiger partial charge in [-0.1, -0.05) is 0 Å². The second-order valence-electron chi connectivity index (χ2n) is 2.37. The van der Waals surface area contributed by atoms with E-state index in [9.17, 15) is 4.79 Å². The Hall–Kier alpha value is -2.24. The van der Waals surface area contributed by atoms with Crippen LogP contribution in [-0.4, -0.2) is 26.1 Å². The first-order valence-corrected chi connectivity index (χ1v) is 3.78. The molecular weight excluding hydrogens is 184 g/mol. The van der Waals surface area contributed by atoms with Crippen molar-refractivity contribution in [2.75, 3.05) is 0 Å². The van der Waals surface area contributed by atoms with E-state index in [1.807, 2.05) is 0 Å². The summed E-state index contributed by atoms with van der Waals surface area (Å²) in [5.74, 6) is -0.434. The maximum Gasteiger partial charge on any atom is 0.364 e. The molecule has 0 radical (unpaired) electrons. The van der Waals surface area contributed by atoms with E-state index in [1.54, 1.807) is 0 Å². The molecule has 1 N–H and O–H groups in total. The van der Waals surface area contributed by atoms with E-state index in [0.29, 0.717) is 0 Å². The lowest BCUT2D eigenvalue weighted by Crippen LogP contribution is -2.10. The third-order valence-corrected chi connectivity index (χ3v) is 1.42. The van der Waals surface area contributed by atoms with Crippen molar-refractivity contribution < 1.29 is 10.9 Å². The predicted molar refractivity (Wildman–Crippen MR) is 45.6 cm³/mol. The molecule has 0 aliphatic heterocycles. The van der Waals surface area contributed by atoms with Crippen molar-refractivity contribution >= 4 is 5.97 Å². The van der Waals surface area contributed by atoms with Crippen LogP contribution in [0, 0.1) is 0 Å². The quantitative estimate of drug-likeness (QED) is 0.695. The van der Waals surface area contributed by atoms with Gasteiger partial charge in [0.15, 0.2) is 12.9 Å². The molecule has 0 bridgehead atoms. The summed E-state index contributed by atoms with van der Waals surface area (Å²) < 4.78 is 11.9. The number of nitrogens with zero attached hydrogens (tertiary/aromatic N) is 3. The minimum atomic E-state index is -0.629. The summed E-state index contributed by atoms with van der Waals surface area (Å²) in [5.41, 5.74) is 0.107. The van der Waals surface area contributed by atoms with Crippen LogP contribution in [0.4, 0.5) is 0 Å². The molecule has 70 valence electrons. The Bertz CT molecular complexity index is 471. The molecule has 0 saturated carbocycles. The van der Waals surface area contributed by atoms with Gasteiger partial charge in [0.1, 0.15) is 0 Å². The predicted octanol–water partition coefficient (Wildman–Crippen LogP) is 0.419. The SMILES string of the molecule is [2H]n1cc(OC(=O)c2cnccn2)cn1. The topological polar surface area (TPSA) is 80.8 Å². The number of ether oxygens (including phenoxy) is 1. The van der Waals surface area contributed by atoms with Gasteiger partial charge in [-0.2, -0.15) is 5.10 Å². The van der Waals surface area contributed by atoms with Gasteiger partial charge in [0.25, 0.3) is 0 Å². The van der Waals surface area contributed by atoms with Crippen LogP contribution in [0.15, 0.2) is 31.0 Å². The van der Waals surface area contributed by atoms with Gasteiger partial charge in [-0.25, -0.2) is 9.78 Å². The van der Waals surface area contributed by atoms with Gasteiger partial charge in [0.2, 0.25) is 0 Å². The fraction of sp³-hybridized carbons (Fsp3) is 0. The Kier molecular flexibility index (Phi) is 1.87. The Balaban J connectivity index is 2.11. The van der Waals surface area contributed by atoms with E-state index >= 15 is 0 Å². The number of aromatic nitrogens is 4. The average Bonchev–Trinajstić information content (AvgIpc) is 2.65. The third-order valence-electron chi connectivity index (χ3n) is 1.42. The summed E-state index contributed by atoms with van der Waals surface area (Å²) in [4.78, 5) is 18.9. The fourth-order valence-corrected chi connectivity index (χ4v) is 0.830. The molecule has 0 saturated heterocycles. The van der Waals surface area contributed by atoms with Crippen molar-refractivity contribution in [3.05, 3.63) is 36.7 Å². The summed E-state index contributed by atoms with van der Waals surface area (Å²) in [5, 5.41) is 4.32. The van der Waals surface area contributed by atoms with E-state index in [4.69, 9.17) is 6.15 Å². The van der Waals surface area contributed by atoms with Gasteiger partial charge in [0, 0.05) is 12.4 Å². The van der Waals surface area contributed by atoms with Crippen molar-refractivity contribution in [1.29, 1.82) is 0 Å². The van der Waals surface area contributed by atoms with Crippen molar-refractivity contribution in [3.63, 3.8) is 0 Å². The second-order valence-corrected chi connectivity index (χ2v) is 2.37. The Morgan fingerprint density at radius 3 is 3.07 bits per heavy atom. The molecule has 0 amide bonds. The zero-order chi connectivity index (χ0) is 10.7. The number of carbonyl (C=O) groups is 1. The van der Waals surface area contributed by atoms with Gasteiger partial charge >= 0.3 is 5.97 Å². The van der Waals surface area contributed by atoms with Gasteiger partial charge in [-0.15, -0.1) is 0 Å². The highest BCUT2D eigenvalue weighted by molar-refractivity contribution is 5.88. The molecule has 0 aliphatic carbocycles. The fourth-order valence-electron chi connectivity index (χ4n) is 0.830. The van der Waals surface area contributed by atoms with Crippen LogP contribution < -0.4 is 4.74 Å². The van der Waals surface area contributed by atoms with Gasteiger partial charge in [0.05, 0.1) is 18.6 Å². The molecule has 14 heavy (non-hydrogen) atoms. The van der Waals surface area contributed by atoms with Crippen LogP contribution in [0.1, 0.15) is 10.5 Å². The standard InChI is InChI=1S/C8H6N4O2/c13-8(7-5-9-1-2-10-7)14-6-3-11-12-4-6/h1-5H,(H,11,12)/i/hD. The lowest BCUT2D eigenvalue weighted by atomic mass is 10.4. The Labute approximate surface area is 80.4 Å². The molecule has 2 rings (SSSR count). The molecule has 0 unspecified atom stereocenters. The minimum Gasteiger partial charge on any atom is -0.418 e. The van der Waals surface area contributed by atoms with Crippen LogP contribution >= 0.6 is 0 Å². The summed E-state index contributed by atoms with van der Waals surface area (Å²) >= 11 is 0. The van der Waals surface area contributed by atoms with Crippen LogP contribution in [0.25, 0.3) is 0 Å². The molecule has 0 spiro atoms. The Morgan fingerprint density at radius 1 is 1.50 bits per heavy atom. The molecule has 6 nitrogen and oxygen atoms in total. The summed E-state index contributed by atoms with van der Waals surface area (Å²) in [6.07, 6.45) is 6.67. The number of carbonyl (C=O) groups excluding carboxylic acids is 1. The van der Waals surface area contributed by atoms with Gasteiger partial charge in [-0.05, 0) is 0 Å². The molecular formula is C8H6N4O2. The lowest BCUT2D eigenvalue weighted by Gasteiger charge is -1.98. The van der Waals surface area contributed by atoms with Crippen molar-refractivity contribution in [3.8, 4) is 5.75 Å². The van der Waals surface area contributed by atoms with E-state index in [-0.39, 0.29) is 11.4 Å². The number of nitrogens with one attached hydrogen (secondary N) is 1. The van der Waals surface area contributed by atoms with E-state index in [1.165, 1.54) is 31.0 Å². The molecule has 2 heterocycles. The first kappa shape index (κ1) is 7.19. The van der Waals surface area contributed by atoms with Crippen molar-refractivity contribution in [2.45, 2.75) is 0 Å². The van der Waals surface area contributed by atoms with Crippen LogP contribution in [0.2, 0.25) is 1.41 Å². The lowest BCUT2D eigenvalue weighted by molar-refractivity contribution is 0.0728. The molecule has 6 heteroatoms. The number of rotatable bonds is 2. The largest absolute Gasteiger partial charge is 0.418 e. The van der Waals surface area contributed by atoms with Crippen molar-refractivity contribution in [2.24, 2.45) is 0 Å². The molecule has 0 atom stereocenters. The van der Waals surface area contributed by atoms with Crippen molar-refractivity contribution in [1.82, 2.24) is 20.2 Å². The highest BCUT2D eigenvalue weighted by Crippen LogP contribution is 2.07. The number of H-pyrrole nitrogens is 1. The first-order chi connectivity index (χ1) is 7.25.